The Labute approximate surface area is 172 Å². The summed E-state index contributed by atoms with van der Waals surface area (Å²) < 4.78 is 3.58. The second-order valence-electron chi connectivity index (χ2n) is 6.95. The first-order valence-corrected chi connectivity index (χ1v) is 9.50. The molecule has 0 saturated carbocycles. The van der Waals surface area contributed by atoms with Crippen LogP contribution in [0.3, 0.4) is 0 Å². The number of nitrogens with zero attached hydrogens (tertiary/aromatic N) is 8. The third-order valence-electron chi connectivity index (χ3n) is 4.78. The standard InChI is InChI=1S/C21H19N9/c1-14-4-3-5-16(24-14)13-30-19-7-6-15(12-18(19)27-28-30)17-8-10-22-21(25-17)26-20-9-11-23-29(20)2/h3-12H,13H2,1-2H3,(H,22,25,26). The Morgan fingerprint density at radius 2 is 1.93 bits per heavy atom. The smallest absolute Gasteiger partial charge is 0.228 e. The molecule has 0 atom stereocenters. The molecule has 9 nitrogen and oxygen atoms in total. The van der Waals surface area contributed by atoms with E-state index in [1.54, 1.807) is 17.1 Å². The first-order valence-electron chi connectivity index (χ1n) is 9.50. The van der Waals surface area contributed by atoms with Gasteiger partial charge in [0.15, 0.2) is 0 Å². The van der Waals surface area contributed by atoms with E-state index in [1.165, 1.54) is 0 Å². The van der Waals surface area contributed by atoms with Gasteiger partial charge in [0, 0.05) is 30.6 Å². The van der Waals surface area contributed by atoms with Gasteiger partial charge in [-0.1, -0.05) is 17.3 Å². The van der Waals surface area contributed by atoms with Gasteiger partial charge in [0.05, 0.1) is 29.6 Å². The van der Waals surface area contributed by atoms with Gasteiger partial charge in [0.2, 0.25) is 5.95 Å². The van der Waals surface area contributed by atoms with Crippen LogP contribution in [0.25, 0.3) is 22.3 Å². The van der Waals surface area contributed by atoms with Crippen molar-refractivity contribution in [1.82, 2.24) is 39.7 Å². The number of hydrogen-bond donors (Lipinski definition) is 1. The van der Waals surface area contributed by atoms with Gasteiger partial charge >= 0.3 is 0 Å². The van der Waals surface area contributed by atoms with E-state index in [0.29, 0.717) is 12.5 Å². The van der Waals surface area contributed by atoms with Crippen molar-refractivity contribution in [2.24, 2.45) is 7.05 Å². The molecule has 0 unspecified atom stereocenters. The van der Waals surface area contributed by atoms with Gasteiger partial charge in [-0.15, -0.1) is 5.10 Å². The molecule has 5 rings (SSSR count). The number of pyridine rings is 1. The Kier molecular flexibility index (Phi) is 4.40. The molecular weight excluding hydrogens is 378 g/mol. The van der Waals surface area contributed by atoms with Gasteiger partial charge in [-0.3, -0.25) is 9.67 Å². The Hall–Kier alpha value is -4.14. The number of hydrogen-bond acceptors (Lipinski definition) is 7. The first-order chi connectivity index (χ1) is 14.7. The van der Waals surface area contributed by atoms with Crippen LogP contribution in [0.15, 0.2) is 60.9 Å². The van der Waals surface area contributed by atoms with Gasteiger partial charge in [0.25, 0.3) is 0 Å². The second kappa shape index (κ2) is 7.36. The summed E-state index contributed by atoms with van der Waals surface area (Å²) >= 11 is 0. The van der Waals surface area contributed by atoms with Crippen molar-refractivity contribution in [1.29, 1.82) is 0 Å². The van der Waals surface area contributed by atoms with E-state index < -0.39 is 0 Å². The number of aromatic nitrogens is 8. The average Bonchev–Trinajstić information content (AvgIpc) is 3.34. The molecule has 5 aromatic rings. The average molecular weight is 397 g/mol. The predicted molar refractivity (Wildman–Crippen MR) is 113 cm³/mol. The van der Waals surface area contributed by atoms with Crippen LogP contribution in [0.2, 0.25) is 0 Å². The second-order valence-corrected chi connectivity index (χ2v) is 6.95. The Balaban J connectivity index is 1.43. The SMILES string of the molecule is Cc1cccc(Cn2nnc3cc(-c4ccnc(Nc5ccnn5C)n4)ccc32)n1. The fourth-order valence-electron chi connectivity index (χ4n) is 3.28. The largest absolute Gasteiger partial charge is 0.309 e. The van der Waals surface area contributed by atoms with Crippen LogP contribution in [-0.2, 0) is 13.6 Å². The zero-order chi connectivity index (χ0) is 20.5. The molecule has 0 amide bonds. The number of benzene rings is 1. The molecule has 0 radical (unpaired) electrons. The quantitative estimate of drug-likeness (QED) is 0.486. The monoisotopic (exact) mass is 397 g/mol. The normalized spacial score (nSPS) is 11.1. The minimum atomic E-state index is 0.505. The third kappa shape index (κ3) is 3.48. The Morgan fingerprint density at radius 1 is 1.00 bits per heavy atom. The van der Waals surface area contributed by atoms with Crippen LogP contribution in [0.4, 0.5) is 11.8 Å². The lowest BCUT2D eigenvalue weighted by atomic mass is 10.1. The number of anilines is 2. The van der Waals surface area contributed by atoms with Crippen LogP contribution in [-0.4, -0.2) is 39.7 Å². The zero-order valence-electron chi connectivity index (χ0n) is 16.6. The maximum Gasteiger partial charge on any atom is 0.228 e. The lowest BCUT2D eigenvalue weighted by Gasteiger charge is -2.07. The number of aryl methyl sites for hydroxylation is 2. The maximum atomic E-state index is 4.62. The lowest BCUT2D eigenvalue weighted by molar-refractivity contribution is 0.656. The van der Waals surface area contributed by atoms with Gasteiger partial charge in [-0.05, 0) is 37.3 Å². The molecule has 30 heavy (non-hydrogen) atoms. The van der Waals surface area contributed by atoms with E-state index in [-0.39, 0.29) is 0 Å². The molecule has 1 aromatic carbocycles. The van der Waals surface area contributed by atoms with Crippen LogP contribution in [0, 0.1) is 6.92 Å². The molecule has 148 valence electrons. The molecule has 0 spiro atoms. The highest BCUT2D eigenvalue weighted by Gasteiger charge is 2.10. The number of nitrogens with one attached hydrogen (secondary N) is 1. The van der Waals surface area contributed by atoms with Crippen LogP contribution < -0.4 is 5.32 Å². The maximum absolute atomic E-state index is 4.62. The van der Waals surface area contributed by atoms with E-state index >= 15 is 0 Å². The molecule has 1 N–H and O–H groups in total. The molecule has 0 aliphatic heterocycles. The van der Waals surface area contributed by atoms with E-state index in [2.05, 4.69) is 35.7 Å². The molecule has 0 bridgehead atoms. The van der Waals surface area contributed by atoms with Crippen molar-refractivity contribution in [3.05, 3.63) is 72.3 Å². The van der Waals surface area contributed by atoms with Gasteiger partial charge in [0.1, 0.15) is 11.3 Å². The van der Waals surface area contributed by atoms with Crippen LogP contribution >= 0.6 is 0 Å². The van der Waals surface area contributed by atoms with E-state index in [1.807, 2.05) is 67.2 Å². The van der Waals surface area contributed by atoms with Crippen molar-refractivity contribution >= 4 is 22.8 Å². The molecule has 0 aliphatic carbocycles. The highest BCUT2D eigenvalue weighted by atomic mass is 15.4. The molecule has 0 fully saturated rings. The molecule has 0 aliphatic rings. The van der Waals surface area contributed by atoms with Crippen molar-refractivity contribution in [2.45, 2.75) is 13.5 Å². The summed E-state index contributed by atoms with van der Waals surface area (Å²) in [6, 6.07) is 15.7. The van der Waals surface area contributed by atoms with E-state index in [0.717, 1.165) is 39.5 Å². The minimum absolute atomic E-state index is 0.505. The molecule has 4 aromatic heterocycles. The molecular formula is C21H19N9. The van der Waals surface area contributed by atoms with Crippen molar-refractivity contribution in [3.63, 3.8) is 0 Å². The topological polar surface area (TPSA) is 99.2 Å². The predicted octanol–water partition coefficient (Wildman–Crippen LogP) is 3.12. The molecule has 0 saturated heterocycles. The van der Waals surface area contributed by atoms with Gasteiger partial charge in [-0.25, -0.2) is 14.6 Å². The fourth-order valence-corrected chi connectivity index (χ4v) is 3.28. The minimum Gasteiger partial charge on any atom is -0.309 e. The van der Waals surface area contributed by atoms with Gasteiger partial charge < -0.3 is 5.32 Å². The van der Waals surface area contributed by atoms with E-state index in [4.69, 9.17) is 0 Å². The van der Waals surface area contributed by atoms with Crippen molar-refractivity contribution in [3.8, 4) is 11.3 Å². The number of rotatable bonds is 5. The Morgan fingerprint density at radius 3 is 2.77 bits per heavy atom. The van der Waals surface area contributed by atoms with Crippen molar-refractivity contribution in [2.75, 3.05) is 5.32 Å². The summed E-state index contributed by atoms with van der Waals surface area (Å²) in [6.45, 7) is 2.55. The zero-order valence-corrected chi connectivity index (χ0v) is 16.6. The summed E-state index contributed by atoms with van der Waals surface area (Å²) in [5.41, 5.74) is 5.43. The highest BCUT2D eigenvalue weighted by molar-refractivity contribution is 5.80. The van der Waals surface area contributed by atoms with Gasteiger partial charge in [-0.2, -0.15) is 5.10 Å². The fraction of sp³-hybridized carbons (Fsp3) is 0.143. The van der Waals surface area contributed by atoms with Crippen molar-refractivity contribution < 1.29 is 0 Å². The Bertz CT molecular complexity index is 1340. The number of fused-ring (bicyclic) bond motifs is 1. The van der Waals surface area contributed by atoms with Crippen LogP contribution in [0.5, 0.6) is 0 Å². The summed E-state index contributed by atoms with van der Waals surface area (Å²) in [5.74, 6) is 1.32. The summed E-state index contributed by atoms with van der Waals surface area (Å²) in [6.07, 6.45) is 3.45. The summed E-state index contributed by atoms with van der Waals surface area (Å²) in [4.78, 5) is 13.5. The molecule has 4 heterocycles. The van der Waals surface area contributed by atoms with E-state index in [9.17, 15) is 0 Å². The summed E-state index contributed by atoms with van der Waals surface area (Å²) in [5, 5.41) is 16.0. The molecule has 9 heteroatoms. The first kappa shape index (κ1) is 17.9. The lowest BCUT2D eigenvalue weighted by Crippen LogP contribution is -2.04. The third-order valence-corrected chi connectivity index (χ3v) is 4.78. The summed E-state index contributed by atoms with van der Waals surface area (Å²) in [7, 11) is 1.86. The highest BCUT2D eigenvalue weighted by Crippen LogP contribution is 2.23. The van der Waals surface area contributed by atoms with Crippen LogP contribution in [0.1, 0.15) is 11.4 Å².